The topological polar surface area (TPSA) is 75.0 Å². The van der Waals surface area contributed by atoms with Crippen LogP contribution in [0.3, 0.4) is 0 Å². The van der Waals surface area contributed by atoms with Crippen molar-refractivity contribution in [2.75, 3.05) is 11.9 Å². The third kappa shape index (κ3) is 3.63. The molecule has 0 atom stereocenters. The highest BCUT2D eigenvalue weighted by molar-refractivity contribution is 5.91. The van der Waals surface area contributed by atoms with Gasteiger partial charge in [-0.1, -0.05) is 27.7 Å². The minimum Gasteiger partial charge on any atom is -0.441 e. The molecular weight excluding hydrogens is 280 g/mol. The molecule has 118 valence electrons. The third-order valence-corrected chi connectivity index (χ3v) is 3.27. The van der Waals surface area contributed by atoms with E-state index in [-0.39, 0.29) is 11.3 Å². The Morgan fingerprint density at radius 1 is 1.41 bits per heavy atom. The van der Waals surface area contributed by atoms with Crippen LogP contribution in [0.1, 0.15) is 51.5 Å². The molecule has 2 rings (SSSR count). The quantitative estimate of drug-likeness (QED) is 0.940. The Balaban J connectivity index is 2.10. The Morgan fingerprint density at radius 3 is 2.73 bits per heavy atom. The molecule has 1 N–H and O–H groups in total. The summed E-state index contributed by atoms with van der Waals surface area (Å²) in [6.07, 6.45) is 5.78. The van der Waals surface area contributed by atoms with Crippen LogP contribution in [0.2, 0.25) is 0 Å². The van der Waals surface area contributed by atoms with E-state index in [1.54, 1.807) is 25.4 Å². The summed E-state index contributed by atoms with van der Waals surface area (Å²) in [4.78, 5) is 17.4. The van der Waals surface area contributed by atoms with Crippen LogP contribution in [0.4, 0.5) is 5.82 Å². The predicted molar refractivity (Wildman–Crippen MR) is 86.4 cm³/mol. The average Bonchev–Trinajstić information content (AvgIpc) is 3.11. The number of anilines is 1. The van der Waals surface area contributed by atoms with E-state index >= 15 is 0 Å². The third-order valence-electron chi connectivity index (χ3n) is 3.27. The van der Waals surface area contributed by atoms with E-state index < -0.39 is 0 Å². The highest BCUT2D eigenvalue weighted by Gasteiger charge is 2.18. The summed E-state index contributed by atoms with van der Waals surface area (Å²) in [7, 11) is 1.71. The fraction of sp³-hybridized carbons (Fsp3) is 0.438. The van der Waals surface area contributed by atoms with Crippen LogP contribution in [-0.4, -0.2) is 28.1 Å². The van der Waals surface area contributed by atoms with Crippen LogP contribution in [0.25, 0.3) is 12.2 Å². The number of amides is 1. The molecule has 0 saturated heterocycles. The lowest BCUT2D eigenvalue weighted by Gasteiger charge is -2.12. The van der Waals surface area contributed by atoms with Gasteiger partial charge in [-0.05, 0) is 6.08 Å². The van der Waals surface area contributed by atoms with Crippen LogP contribution in [0, 0.1) is 0 Å². The molecule has 2 aromatic heterocycles. The first-order chi connectivity index (χ1) is 10.3. The van der Waals surface area contributed by atoms with Crippen molar-refractivity contribution in [1.82, 2.24) is 15.2 Å². The van der Waals surface area contributed by atoms with Gasteiger partial charge in [0.1, 0.15) is 5.76 Å². The molecule has 6 nitrogen and oxygen atoms in total. The largest absolute Gasteiger partial charge is 0.441 e. The van der Waals surface area contributed by atoms with E-state index in [0.29, 0.717) is 18.1 Å². The summed E-state index contributed by atoms with van der Waals surface area (Å²) < 4.78 is 5.68. The SMILES string of the molecule is CCC(=O)N(C)c1cc(C=Cc2ncc(C(C)(C)C)o2)[nH]n1. The number of aromatic amines is 1. The fourth-order valence-electron chi connectivity index (χ4n) is 1.82. The van der Waals surface area contributed by atoms with Gasteiger partial charge in [0, 0.05) is 31.0 Å². The van der Waals surface area contributed by atoms with Gasteiger partial charge in [-0.3, -0.25) is 14.8 Å². The highest BCUT2D eigenvalue weighted by atomic mass is 16.4. The number of hydrogen-bond donors (Lipinski definition) is 1. The molecule has 0 bridgehead atoms. The zero-order valence-electron chi connectivity index (χ0n) is 13.7. The van der Waals surface area contributed by atoms with E-state index in [2.05, 4.69) is 36.0 Å². The predicted octanol–water partition coefficient (Wildman–Crippen LogP) is 3.24. The molecule has 0 radical (unpaired) electrons. The maximum Gasteiger partial charge on any atom is 0.227 e. The summed E-state index contributed by atoms with van der Waals surface area (Å²) in [5.74, 6) is 1.99. The van der Waals surface area contributed by atoms with Gasteiger partial charge in [0.2, 0.25) is 11.8 Å². The molecule has 0 fully saturated rings. The minimum absolute atomic E-state index is 0.0181. The fourth-order valence-corrected chi connectivity index (χ4v) is 1.82. The second-order valence-corrected chi connectivity index (χ2v) is 6.13. The van der Waals surface area contributed by atoms with Gasteiger partial charge in [-0.2, -0.15) is 5.10 Å². The molecule has 0 aliphatic carbocycles. The molecule has 1 amide bonds. The lowest BCUT2D eigenvalue weighted by atomic mass is 9.94. The molecule has 0 aliphatic heterocycles. The minimum atomic E-state index is -0.0660. The van der Waals surface area contributed by atoms with E-state index in [9.17, 15) is 4.79 Å². The first-order valence-electron chi connectivity index (χ1n) is 7.27. The maximum atomic E-state index is 11.6. The molecule has 0 unspecified atom stereocenters. The zero-order chi connectivity index (χ0) is 16.3. The first-order valence-corrected chi connectivity index (χ1v) is 7.27. The van der Waals surface area contributed by atoms with Crippen LogP contribution < -0.4 is 4.90 Å². The summed E-state index contributed by atoms with van der Waals surface area (Å²) in [6, 6.07) is 1.80. The molecule has 22 heavy (non-hydrogen) atoms. The van der Waals surface area contributed by atoms with Crippen LogP contribution in [0.5, 0.6) is 0 Å². The number of carbonyl (C=O) groups excluding carboxylic acids is 1. The molecule has 0 aliphatic rings. The number of hydrogen-bond acceptors (Lipinski definition) is 4. The second kappa shape index (κ2) is 6.17. The van der Waals surface area contributed by atoms with Crippen LogP contribution in [-0.2, 0) is 10.2 Å². The van der Waals surface area contributed by atoms with Gasteiger partial charge in [0.05, 0.1) is 11.9 Å². The summed E-state index contributed by atoms with van der Waals surface area (Å²) in [6.45, 7) is 8.04. The molecular formula is C16H22N4O2. The van der Waals surface area contributed by atoms with Crippen molar-refractivity contribution in [3.8, 4) is 0 Å². The number of nitrogens with zero attached hydrogens (tertiary/aromatic N) is 3. The molecule has 2 heterocycles. The lowest BCUT2D eigenvalue weighted by molar-refractivity contribution is -0.118. The molecule has 0 saturated carbocycles. The summed E-state index contributed by atoms with van der Waals surface area (Å²) in [5.41, 5.74) is 0.713. The van der Waals surface area contributed by atoms with E-state index in [1.165, 1.54) is 4.90 Å². The van der Waals surface area contributed by atoms with Crippen molar-refractivity contribution in [3.63, 3.8) is 0 Å². The standard InChI is InChI=1S/C16H22N4O2/c1-6-15(21)20(5)13-9-11(18-19-13)7-8-14-17-10-12(22-14)16(2,3)4/h7-10H,6H2,1-5H3,(H,18,19). The van der Waals surface area contributed by atoms with E-state index in [0.717, 1.165) is 11.5 Å². The normalized spacial score (nSPS) is 12.0. The first kappa shape index (κ1) is 16.0. The number of nitrogens with one attached hydrogen (secondary N) is 1. The Kier molecular flexibility index (Phi) is 4.49. The Labute approximate surface area is 130 Å². The molecule has 6 heteroatoms. The maximum absolute atomic E-state index is 11.6. The average molecular weight is 302 g/mol. The summed E-state index contributed by atoms with van der Waals surface area (Å²) >= 11 is 0. The number of H-pyrrole nitrogens is 1. The second-order valence-electron chi connectivity index (χ2n) is 6.13. The smallest absolute Gasteiger partial charge is 0.227 e. The molecule has 0 spiro atoms. The summed E-state index contributed by atoms with van der Waals surface area (Å²) in [5, 5.41) is 6.99. The van der Waals surface area contributed by atoms with Gasteiger partial charge >= 0.3 is 0 Å². The Bertz CT molecular complexity index is 676. The van der Waals surface area contributed by atoms with Crippen molar-refractivity contribution in [3.05, 3.63) is 29.6 Å². The molecule has 2 aromatic rings. The number of aromatic nitrogens is 3. The number of carbonyl (C=O) groups is 1. The van der Waals surface area contributed by atoms with Crippen molar-refractivity contribution in [2.24, 2.45) is 0 Å². The van der Waals surface area contributed by atoms with Gasteiger partial charge < -0.3 is 4.42 Å². The van der Waals surface area contributed by atoms with E-state index in [4.69, 9.17) is 4.42 Å². The van der Waals surface area contributed by atoms with Crippen molar-refractivity contribution < 1.29 is 9.21 Å². The number of oxazole rings is 1. The number of rotatable bonds is 4. The van der Waals surface area contributed by atoms with Gasteiger partial charge in [-0.25, -0.2) is 4.98 Å². The Morgan fingerprint density at radius 2 is 2.14 bits per heavy atom. The van der Waals surface area contributed by atoms with Crippen molar-refractivity contribution in [2.45, 2.75) is 39.5 Å². The van der Waals surface area contributed by atoms with Crippen molar-refractivity contribution >= 4 is 23.9 Å². The Hall–Kier alpha value is -2.37. The molecule has 0 aromatic carbocycles. The lowest BCUT2D eigenvalue weighted by Crippen LogP contribution is -2.25. The highest BCUT2D eigenvalue weighted by Crippen LogP contribution is 2.23. The monoisotopic (exact) mass is 302 g/mol. The van der Waals surface area contributed by atoms with Gasteiger partial charge in [0.15, 0.2) is 5.82 Å². The zero-order valence-corrected chi connectivity index (χ0v) is 13.7. The van der Waals surface area contributed by atoms with Gasteiger partial charge in [-0.15, -0.1) is 0 Å². The van der Waals surface area contributed by atoms with Crippen molar-refractivity contribution in [1.29, 1.82) is 0 Å². The van der Waals surface area contributed by atoms with E-state index in [1.807, 2.05) is 13.0 Å². The van der Waals surface area contributed by atoms with Gasteiger partial charge in [0.25, 0.3) is 0 Å². The van der Waals surface area contributed by atoms with Crippen LogP contribution in [0.15, 0.2) is 16.7 Å². The van der Waals surface area contributed by atoms with Crippen LogP contribution >= 0.6 is 0 Å².